The maximum atomic E-state index is 11.8. The minimum Gasteiger partial charge on any atom is -0.481 e. The normalized spacial score (nSPS) is 23.1. The summed E-state index contributed by atoms with van der Waals surface area (Å²) >= 11 is 0. The molecule has 1 aliphatic rings. The predicted molar refractivity (Wildman–Crippen MR) is 81.7 cm³/mol. The van der Waals surface area contributed by atoms with Crippen LogP contribution in [-0.2, 0) is 16.1 Å². The first kappa shape index (κ1) is 17.0. The summed E-state index contributed by atoms with van der Waals surface area (Å²) in [6, 6.07) is 1.97. The molecular weight excluding hydrogens is 284 g/mol. The number of aromatic nitrogens is 1. The zero-order chi connectivity index (χ0) is 16.2. The average molecular weight is 310 g/mol. The van der Waals surface area contributed by atoms with E-state index in [1.165, 1.54) is 0 Å². The molecule has 0 unspecified atom stereocenters. The van der Waals surface area contributed by atoms with Crippen LogP contribution in [0.1, 0.15) is 50.5 Å². The van der Waals surface area contributed by atoms with Crippen molar-refractivity contribution in [3.63, 3.8) is 0 Å². The van der Waals surface area contributed by atoms with Gasteiger partial charge in [-0.3, -0.25) is 9.69 Å². The molecular formula is C16H26N2O4. The van der Waals surface area contributed by atoms with Gasteiger partial charge in [-0.2, -0.15) is 0 Å². The number of piperidine rings is 1. The highest BCUT2D eigenvalue weighted by Crippen LogP contribution is 2.34. The van der Waals surface area contributed by atoms with Crippen molar-refractivity contribution in [3.8, 4) is 0 Å². The first-order valence-electron chi connectivity index (χ1n) is 7.87. The topological polar surface area (TPSA) is 75.8 Å². The van der Waals surface area contributed by atoms with Gasteiger partial charge in [0, 0.05) is 38.8 Å². The summed E-state index contributed by atoms with van der Waals surface area (Å²) in [6.07, 6.45) is 2.13. The molecule has 1 aromatic rings. The fourth-order valence-corrected chi connectivity index (χ4v) is 3.05. The Hall–Kier alpha value is -1.40. The molecule has 0 bridgehead atoms. The van der Waals surface area contributed by atoms with Crippen molar-refractivity contribution in [2.45, 2.75) is 45.6 Å². The molecule has 6 nitrogen and oxygen atoms in total. The smallest absolute Gasteiger partial charge is 0.311 e. The summed E-state index contributed by atoms with van der Waals surface area (Å²) in [6.45, 7) is 6.66. The molecule has 0 saturated carbocycles. The Morgan fingerprint density at radius 2 is 2.36 bits per heavy atom. The second-order valence-corrected chi connectivity index (χ2v) is 6.52. The maximum Gasteiger partial charge on any atom is 0.311 e. The Morgan fingerprint density at radius 1 is 1.59 bits per heavy atom. The van der Waals surface area contributed by atoms with Gasteiger partial charge in [0.05, 0.1) is 11.1 Å². The lowest BCUT2D eigenvalue weighted by Gasteiger charge is -2.39. The fraction of sp³-hybridized carbons (Fsp3) is 0.750. The molecule has 1 aromatic heterocycles. The number of rotatable bonds is 7. The summed E-state index contributed by atoms with van der Waals surface area (Å²) in [4.78, 5) is 13.9. The molecule has 0 amide bonds. The molecule has 0 spiro atoms. The molecule has 22 heavy (non-hydrogen) atoms. The molecule has 6 heteroatoms. The fourth-order valence-electron chi connectivity index (χ4n) is 3.05. The lowest BCUT2D eigenvalue weighted by atomic mass is 9.77. The highest BCUT2D eigenvalue weighted by molar-refractivity contribution is 5.75. The monoisotopic (exact) mass is 310 g/mol. The highest BCUT2D eigenvalue weighted by atomic mass is 16.5. The zero-order valence-electron chi connectivity index (χ0n) is 13.7. The number of methoxy groups -OCH3 is 1. The van der Waals surface area contributed by atoms with E-state index in [0.29, 0.717) is 38.5 Å². The highest BCUT2D eigenvalue weighted by Gasteiger charge is 2.42. The van der Waals surface area contributed by atoms with Crippen LogP contribution in [0.2, 0.25) is 0 Å². The third kappa shape index (κ3) is 3.87. The van der Waals surface area contributed by atoms with Gasteiger partial charge in [-0.25, -0.2) is 0 Å². The van der Waals surface area contributed by atoms with Gasteiger partial charge < -0.3 is 14.4 Å². The number of hydrogen-bond donors (Lipinski definition) is 1. The third-order valence-electron chi connectivity index (χ3n) is 4.43. The van der Waals surface area contributed by atoms with E-state index in [4.69, 9.17) is 9.26 Å². The molecule has 1 saturated heterocycles. The number of carboxylic acids is 1. The van der Waals surface area contributed by atoms with E-state index in [-0.39, 0.29) is 0 Å². The van der Waals surface area contributed by atoms with Crippen LogP contribution < -0.4 is 0 Å². The molecule has 124 valence electrons. The summed E-state index contributed by atoms with van der Waals surface area (Å²) in [5.41, 5.74) is 0.162. The minimum absolute atomic E-state index is 0.308. The van der Waals surface area contributed by atoms with Crippen molar-refractivity contribution >= 4 is 5.97 Å². The Morgan fingerprint density at radius 3 is 2.95 bits per heavy atom. The molecule has 1 N–H and O–H groups in total. The van der Waals surface area contributed by atoms with Crippen LogP contribution in [0.5, 0.6) is 0 Å². The Bertz CT molecular complexity index is 500. The number of aliphatic carboxylic acids is 1. The molecule has 0 aromatic carbocycles. The van der Waals surface area contributed by atoms with Crippen molar-refractivity contribution in [2.24, 2.45) is 5.41 Å². The summed E-state index contributed by atoms with van der Waals surface area (Å²) in [5, 5.41) is 13.8. The van der Waals surface area contributed by atoms with E-state index in [1.54, 1.807) is 7.11 Å². The van der Waals surface area contributed by atoms with Crippen LogP contribution in [0.25, 0.3) is 0 Å². The van der Waals surface area contributed by atoms with Crippen LogP contribution >= 0.6 is 0 Å². The van der Waals surface area contributed by atoms with E-state index in [2.05, 4.69) is 23.9 Å². The molecule has 2 heterocycles. The van der Waals surface area contributed by atoms with Crippen LogP contribution in [0.15, 0.2) is 10.6 Å². The van der Waals surface area contributed by atoms with Gasteiger partial charge in [0.2, 0.25) is 0 Å². The third-order valence-corrected chi connectivity index (χ3v) is 4.43. The van der Waals surface area contributed by atoms with Crippen molar-refractivity contribution < 1.29 is 19.2 Å². The van der Waals surface area contributed by atoms with E-state index in [0.717, 1.165) is 24.4 Å². The second-order valence-electron chi connectivity index (χ2n) is 6.52. The first-order valence-corrected chi connectivity index (χ1v) is 7.87. The van der Waals surface area contributed by atoms with Crippen LogP contribution in [0, 0.1) is 5.41 Å². The van der Waals surface area contributed by atoms with Crippen molar-refractivity contribution in [1.82, 2.24) is 10.1 Å². The molecule has 1 atom stereocenters. The number of carbonyl (C=O) groups is 1. The molecule has 2 rings (SSSR count). The van der Waals surface area contributed by atoms with E-state index >= 15 is 0 Å². The molecule has 0 radical (unpaired) electrons. The summed E-state index contributed by atoms with van der Waals surface area (Å²) in [7, 11) is 1.61. The number of carboxylic acid groups (broad SMARTS) is 1. The van der Waals surface area contributed by atoms with Gasteiger partial charge in [-0.1, -0.05) is 19.0 Å². The van der Waals surface area contributed by atoms with Crippen LogP contribution in [-0.4, -0.2) is 47.9 Å². The Labute approximate surface area is 131 Å². The van der Waals surface area contributed by atoms with Crippen LogP contribution in [0.4, 0.5) is 0 Å². The van der Waals surface area contributed by atoms with Crippen LogP contribution in [0.3, 0.4) is 0 Å². The first-order chi connectivity index (χ1) is 10.5. The largest absolute Gasteiger partial charge is 0.481 e. The average Bonchev–Trinajstić information content (AvgIpc) is 2.94. The standard InChI is InChI=1S/C16H26N2O4/c1-12(2)14-9-13(17-22-14)10-18-7-4-5-16(11-18,15(19)20)6-8-21-3/h9,12H,4-8,10-11H2,1-3H3,(H,19,20)/t16-/m1/s1. The zero-order valence-corrected chi connectivity index (χ0v) is 13.7. The van der Waals surface area contributed by atoms with Gasteiger partial charge in [-0.05, 0) is 25.8 Å². The van der Waals surface area contributed by atoms with Gasteiger partial charge in [0.25, 0.3) is 0 Å². The van der Waals surface area contributed by atoms with Gasteiger partial charge in [0.1, 0.15) is 5.76 Å². The Balaban J connectivity index is 2.03. The SMILES string of the molecule is COCC[C@]1(C(=O)O)CCCN(Cc2cc(C(C)C)on2)C1. The van der Waals surface area contributed by atoms with E-state index in [1.807, 2.05) is 6.07 Å². The maximum absolute atomic E-state index is 11.8. The molecule has 0 aliphatic carbocycles. The minimum atomic E-state index is -0.725. The number of likely N-dealkylation sites (tertiary alicyclic amines) is 1. The van der Waals surface area contributed by atoms with Gasteiger partial charge >= 0.3 is 5.97 Å². The van der Waals surface area contributed by atoms with E-state index in [9.17, 15) is 9.90 Å². The van der Waals surface area contributed by atoms with E-state index < -0.39 is 11.4 Å². The Kier molecular flexibility index (Phi) is 5.58. The quantitative estimate of drug-likeness (QED) is 0.834. The lowest BCUT2D eigenvalue weighted by molar-refractivity contribution is -0.154. The number of hydrogen-bond acceptors (Lipinski definition) is 5. The van der Waals surface area contributed by atoms with Crippen molar-refractivity contribution in [2.75, 3.05) is 26.8 Å². The van der Waals surface area contributed by atoms with Crippen molar-refractivity contribution in [1.29, 1.82) is 0 Å². The molecule has 1 fully saturated rings. The molecule has 1 aliphatic heterocycles. The number of ether oxygens (including phenoxy) is 1. The van der Waals surface area contributed by atoms with Gasteiger partial charge in [-0.15, -0.1) is 0 Å². The van der Waals surface area contributed by atoms with Crippen molar-refractivity contribution in [3.05, 3.63) is 17.5 Å². The number of nitrogens with zero attached hydrogens (tertiary/aromatic N) is 2. The predicted octanol–water partition coefficient (Wildman–Crippen LogP) is 2.50. The summed E-state index contributed by atoms with van der Waals surface area (Å²) < 4.78 is 10.4. The summed E-state index contributed by atoms with van der Waals surface area (Å²) in [5.74, 6) is 0.454. The van der Waals surface area contributed by atoms with Gasteiger partial charge in [0.15, 0.2) is 0 Å². The second kappa shape index (κ2) is 7.24. The lowest BCUT2D eigenvalue weighted by Crippen LogP contribution is -2.48.